The summed E-state index contributed by atoms with van der Waals surface area (Å²) in [7, 11) is 0. The lowest BCUT2D eigenvalue weighted by Crippen LogP contribution is -2.07. The molecule has 2 aromatic rings. The average Bonchev–Trinajstić information content (AvgIpc) is 2.40. The van der Waals surface area contributed by atoms with Crippen LogP contribution in [0.3, 0.4) is 0 Å². The van der Waals surface area contributed by atoms with E-state index in [9.17, 15) is 17.6 Å². The summed E-state index contributed by atoms with van der Waals surface area (Å²) in [6.45, 7) is -0.105. The maximum atomic E-state index is 13.1. The van der Waals surface area contributed by atoms with Crippen LogP contribution in [0.15, 0.2) is 36.4 Å². The molecule has 0 heterocycles. The van der Waals surface area contributed by atoms with Crippen molar-refractivity contribution in [3.05, 3.63) is 58.4 Å². The molecule has 0 amide bonds. The molecule has 0 aliphatic heterocycles. The summed E-state index contributed by atoms with van der Waals surface area (Å²) >= 11 is 5.86. The van der Waals surface area contributed by atoms with Gasteiger partial charge in [0, 0.05) is 10.6 Å². The minimum Gasteiger partial charge on any atom is -0.487 e. The number of benzene rings is 2. The lowest BCUT2D eigenvalue weighted by Gasteiger charge is -2.12. The minimum absolute atomic E-state index is 0.0725. The number of hydrogen-bond acceptors (Lipinski definition) is 2. The zero-order valence-corrected chi connectivity index (χ0v) is 11.3. The Bertz CT molecular complexity index is 658. The quantitative estimate of drug-likeness (QED) is 0.659. The van der Waals surface area contributed by atoms with Gasteiger partial charge in [0.05, 0.1) is 11.3 Å². The van der Waals surface area contributed by atoms with Crippen molar-refractivity contribution in [1.82, 2.24) is 0 Å². The van der Waals surface area contributed by atoms with Gasteiger partial charge in [-0.25, -0.2) is 4.39 Å². The van der Waals surface area contributed by atoms with Crippen molar-refractivity contribution in [2.45, 2.75) is 12.8 Å². The van der Waals surface area contributed by atoms with Gasteiger partial charge in [-0.2, -0.15) is 13.2 Å². The molecule has 0 saturated carbocycles. The zero-order chi connectivity index (χ0) is 15.6. The molecule has 21 heavy (non-hydrogen) atoms. The molecular weight excluding hydrogens is 310 g/mol. The van der Waals surface area contributed by atoms with Crippen molar-refractivity contribution in [1.29, 1.82) is 0 Å². The zero-order valence-electron chi connectivity index (χ0n) is 10.5. The molecule has 0 fully saturated rings. The lowest BCUT2D eigenvalue weighted by atomic mass is 10.2. The molecule has 2 rings (SSSR count). The van der Waals surface area contributed by atoms with Gasteiger partial charge in [0.25, 0.3) is 0 Å². The molecule has 2 nitrogen and oxygen atoms in total. The minimum atomic E-state index is -4.47. The van der Waals surface area contributed by atoms with Crippen LogP contribution >= 0.6 is 11.6 Å². The monoisotopic (exact) mass is 319 g/mol. The molecule has 112 valence electrons. The first kappa shape index (κ1) is 15.4. The summed E-state index contributed by atoms with van der Waals surface area (Å²) in [6, 6.07) is 6.50. The third-order valence-electron chi connectivity index (χ3n) is 2.73. The topological polar surface area (TPSA) is 35.2 Å². The summed E-state index contributed by atoms with van der Waals surface area (Å²) in [5.41, 5.74) is 4.87. The molecule has 2 N–H and O–H groups in total. The molecule has 0 spiro atoms. The first-order valence-corrected chi connectivity index (χ1v) is 6.18. The van der Waals surface area contributed by atoms with Crippen molar-refractivity contribution in [3.8, 4) is 5.75 Å². The Labute approximate surface area is 123 Å². The standard InChI is InChI=1S/C14H10ClF4NO/c15-11-3-2-10(16)5-8(11)7-21-13-4-1-9(6-12(13)20)14(17,18)19/h1-6H,7,20H2. The fourth-order valence-electron chi connectivity index (χ4n) is 1.67. The van der Waals surface area contributed by atoms with Crippen LogP contribution in [-0.4, -0.2) is 0 Å². The van der Waals surface area contributed by atoms with E-state index < -0.39 is 17.6 Å². The summed E-state index contributed by atoms with van der Waals surface area (Å²) in [5, 5.41) is 0.293. The van der Waals surface area contributed by atoms with Crippen LogP contribution in [-0.2, 0) is 12.8 Å². The molecule has 2 aromatic carbocycles. The first-order valence-electron chi connectivity index (χ1n) is 5.81. The second kappa shape index (κ2) is 5.81. The van der Waals surface area contributed by atoms with E-state index >= 15 is 0 Å². The van der Waals surface area contributed by atoms with Crippen LogP contribution in [0.25, 0.3) is 0 Å². The summed E-state index contributed by atoms with van der Waals surface area (Å²) in [5.74, 6) is -0.415. The molecule has 0 atom stereocenters. The molecular formula is C14H10ClF4NO. The highest BCUT2D eigenvalue weighted by atomic mass is 35.5. The smallest absolute Gasteiger partial charge is 0.416 e. The summed E-state index contributed by atoms with van der Waals surface area (Å²) in [4.78, 5) is 0. The normalized spacial score (nSPS) is 11.5. The van der Waals surface area contributed by atoms with Gasteiger partial charge in [-0.15, -0.1) is 0 Å². The maximum Gasteiger partial charge on any atom is 0.416 e. The van der Waals surface area contributed by atoms with Gasteiger partial charge in [0.15, 0.2) is 0 Å². The van der Waals surface area contributed by atoms with Gasteiger partial charge >= 0.3 is 6.18 Å². The number of alkyl halides is 3. The number of ether oxygens (including phenoxy) is 1. The predicted molar refractivity (Wildman–Crippen MR) is 71.6 cm³/mol. The van der Waals surface area contributed by atoms with Crippen molar-refractivity contribution >= 4 is 17.3 Å². The number of nitrogen functional groups attached to an aromatic ring is 1. The second-order valence-corrected chi connectivity index (χ2v) is 4.68. The van der Waals surface area contributed by atoms with Gasteiger partial charge < -0.3 is 10.5 Å². The van der Waals surface area contributed by atoms with Crippen LogP contribution in [0.2, 0.25) is 5.02 Å². The number of hydrogen-bond donors (Lipinski definition) is 1. The van der Waals surface area contributed by atoms with Crippen LogP contribution in [0, 0.1) is 5.82 Å². The van der Waals surface area contributed by atoms with Crippen molar-refractivity contribution in [2.75, 3.05) is 5.73 Å². The molecule has 0 aromatic heterocycles. The second-order valence-electron chi connectivity index (χ2n) is 4.27. The molecule has 0 aliphatic carbocycles. The Morgan fingerprint density at radius 1 is 1.10 bits per heavy atom. The van der Waals surface area contributed by atoms with Crippen LogP contribution in [0.1, 0.15) is 11.1 Å². The third-order valence-corrected chi connectivity index (χ3v) is 3.10. The van der Waals surface area contributed by atoms with Crippen molar-refractivity contribution in [3.63, 3.8) is 0 Å². The SMILES string of the molecule is Nc1cc(C(F)(F)F)ccc1OCc1cc(F)ccc1Cl. The maximum absolute atomic E-state index is 13.1. The molecule has 0 bridgehead atoms. The highest BCUT2D eigenvalue weighted by Gasteiger charge is 2.30. The van der Waals surface area contributed by atoms with E-state index in [1.165, 1.54) is 18.2 Å². The van der Waals surface area contributed by atoms with Crippen LogP contribution in [0.4, 0.5) is 23.2 Å². The lowest BCUT2D eigenvalue weighted by molar-refractivity contribution is -0.137. The van der Waals surface area contributed by atoms with Gasteiger partial charge in [0.2, 0.25) is 0 Å². The Balaban J connectivity index is 2.15. The van der Waals surface area contributed by atoms with Gasteiger partial charge in [-0.1, -0.05) is 11.6 Å². The van der Waals surface area contributed by atoms with E-state index in [2.05, 4.69) is 0 Å². The average molecular weight is 320 g/mol. The van der Waals surface area contributed by atoms with E-state index in [1.54, 1.807) is 0 Å². The fraction of sp³-hybridized carbons (Fsp3) is 0.143. The van der Waals surface area contributed by atoms with Gasteiger partial charge in [-0.3, -0.25) is 0 Å². The van der Waals surface area contributed by atoms with E-state index in [-0.39, 0.29) is 18.0 Å². The number of rotatable bonds is 3. The fourth-order valence-corrected chi connectivity index (χ4v) is 1.84. The molecule has 0 aliphatic rings. The van der Waals surface area contributed by atoms with E-state index in [4.69, 9.17) is 22.1 Å². The van der Waals surface area contributed by atoms with E-state index in [0.29, 0.717) is 10.6 Å². The van der Waals surface area contributed by atoms with Crippen LogP contribution in [0.5, 0.6) is 5.75 Å². The Morgan fingerprint density at radius 2 is 1.81 bits per heavy atom. The van der Waals surface area contributed by atoms with E-state index in [1.807, 2.05) is 0 Å². The number of anilines is 1. The van der Waals surface area contributed by atoms with E-state index in [0.717, 1.165) is 18.2 Å². The molecule has 0 radical (unpaired) electrons. The Hall–Kier alpha value is -1.95. The molecule has 7 heteroatoms. The summed E-state index contributed by atoms with van der Waals surface area (Å²) < 4.78 is 55.8. The van der Waals surface area contributed by atoms with Crippen molar-refractivity contribution in [2.24, 2.45) is 0 Å². The number of nitrogens with two attached hydrogens (primary N) is 1. The Kier molecular flexibility index (Phi) is 4.27. The number of halogens is 5. The molecule has 0 saturated heterocycles. The summed E-state index contributed by atoms with van der Waals surface area (Å²) in [6.07, 6.45) is -4.47. The predicted octanol–water partition coefficient (Wildman–Crippen LogP) is 4.66. The Morgan fingerprint density at radius 3 is 2.43 bits per heavy atom. The highest BCUT2D eigenvalue weighted by molar-refractivity contribution is 6.31. The van der Waals surface area contributed by atoms with Gasteiger partial charge in [0.1, 0.15) is 18.2 Å². The highest BCUT2D eigenvalue weighted by Crippen LogP contribution is 2.34. The largest absolute Gasteiger partial charge is 0.487 e. The third kappa shape index (κ3) is 3.78. The first-order chi connectivity index (χ1) is 9.77. The van der Waals surface area contributed by atoms with Gasteiger partial charge in [-0.05, 0) is 36.4 Å². The van der Waals surface area contributed by atoms with Crippen molar-refractivity contribution < 1.29 is 22.3 Å². The molecule has 0 unspecified atom stereocenters. The van der Waals surface area contributed by atoms with Crippen LogP contribution < -0.4 is 10.5 Å².